The summed E-state index contributed by atoms with van der Waals surface area (Å²) in [5, 5.41) is 5.27. The van der Waals surface area contributed by atoms with Crippen LogP contribution in [0.3, 0.4) is 0 Å². The number of fused-ring (bicyclic) bond motifs is 5. The minimum atomic E-state index is -0.684. The third kappa shape index (κ3) is 1.96. The second kappa shape index (κ2) is 5.21. The molecule has 0 radical (unpaired) electrons. The summed E-state index contributed by atoms with van der Waals surface area (Å²) in [6.07, 6.45) is 17.1. The smallest absolute Gasteiger partial charge is 0.212 e. The molecule has 0 aromatic rings. The Labute approximate surface area is 141 Å². The maximum atomic E-state index is 11.8. The molecular weight excluding hydrogens is 284 g/mol. The molecule has 0 aromatic carbocycles. The summed E-state index contributed by atoms with van der Waals surface area (Å²) >= 11 is 0. The predicted octanol–water partition coefficient (Wildman–Crippen LogP) is 3.88. The number of ketones is 1. The van der Waals surface area contributed by atoms with Crippen LogP contribution in [-0.4, -0.2) is 17.9 Å². The zero-order valence-electron chi connectivity index (χ0n) is 15.1. The fourth-order valence-electron chi connectivity index (χ4n) is 6.94. The van der Waals surface area contributed by atoms with Crippen molar-refractivity contribution < 1.29 is 9.90 Å². The first kappa shape index (κ1) is 14.3. The van der Waals surface area contributed by atoms with Gasteiger partial charge in [-0.1, -0.05) is 18.4 Å². The molecule has 0 unspecified atom stereocenters. The zero-order valence-corrected chi connectivity index (χ0v) is 14.1. The molecule has 4 aliphatic carbocycles. The molecule has 0 aliphatic heterocycles. The Morgan fingerprint density at radius 2 is 2.17 bits per heavy atom. The third-order valence-corrected chi connectivity index (χ3v) is 7.98. The minimum Gasteiger partial charge on any atom is -0.377 e. The van der Waals surface area contributed by atoms with Crippen LogP contribution in [-0.2, 0) is 4.79 Å². The Balaban J connectivity index is 1.68. The fourth-order valence-corrected chi connectivity index (χ4v) is 6.94. The minimum absolute atomic E-state index is 0.0175. The standard InChI is InChI=1S/C21H28O2/c1-3-20-11-9-17-16-8-6-15(22)13-14(16)5-7-18(17)19(20)10-12-21(20,23)4-2/h2,13,16-19,23H,3,5-12H2,1H3/t16-,17+,18+,19-,20-,21-/m0/s1/i23D. The number of hydrogen-bond acceptors (Lipinski definition) is 2. The fraction of sp³-hybridized carbons (Fsp3) is 0.762. The molecule has 0 spiro atoms. The average Bonchev–Trinajstić information content (AvgIpc) is 2.96. The molecule has 3 saturated carbocycles. The molecule has 4 rings (SSSR count). The number of carbonyl (C=O) groups excluding carboxylic acids is 1. The molecular formula is C21H28O2. The van der Waals surface area contributed by atoms with Gasteiger partial charge in [0.25, 0.3) is 0 Å². The summed E-state index contributed by atoms with van der Waals surface area (Å²) in [6, 6.07) is 0. The molecule has 0 saturated heterocycles. The number of aliphatic hydroxyl groups is 1. The summed E-state index contributed by atoms with van der Waals surface area (Å²) in [6.45, 7) is 2.23. The Morgan fingerprint density at radius 1 is 1.30 bits per heavy atom. The highest BCUT2D eigenvalue weighted by atomic mass is 16.3. The topological polar surface area (TPSA) is 37.3 Å². The molecule has 124 valence electrons. The summed E-state index contributed by atoms with van der Waals surface area (Å²) in [7, 11) is 0. The molecule has 23 heavy (non-hydrogen) atoms. The lowest BCUT2D eigenvalue weighted by Gasteiger charge is -2.55. The molecule has 2 heteroatoms. The van der Waals surface area contributed by atoms with Crippen LogP contribution >= 0.6 is 0 Å². The largest absolute Gasteiger partial charge is 0.377 e. The van der Waals surface area contributed by atoms with Crippen LogP contribution in [0.4, 0.5) is 0 Å². The Kier molecular flexibility index (Phi) is 3.24. The summed E-state index contributed by atoms with van der Waals surface area (Å²) in [5.41, 5.74) is 0.723. The van der Waals surface area contributed by atoms with E-state index in [1.165, 1.54) is 18.4 Å². The van der Waals surface area contributed by atoms with Crippen molar-refractivity contribution in [2.24, 2.45) is 29.1 Å². The zero-order chi connectivity index (χ0) is 16.9. The maximum absolute atomic E-state index is 11.8. The van der Waals surface area contributed by atoms with Gasteiger partial charge in [-0.3, -0.25) is 4.79 Å². The summed E-state index contributed by atoms with van der Waals surface area (Å²) in [5.74, 6) is 5.85. The van der Waals surface area contributed by atoms with Gasteiger partial charge >= 0.3 is 0 Å². The van der Waals surface area contributed by atoms with Crippen LogP contribution in [0.2, 0.25) is 0 Å². The van der Waals surface area contributed by atoms with E-state index in [-0.39, 0.29) is 5.41 Å². The van der Waals surface area contributed by atoms with Gasteiger partial charge in [-0.25, -0.2) is 0 Å². The molecule has 2 nitrogen and oxygen atoms in total. The van der Waals surface area contributed by atoms with Crippen molar-refractivity contribution in [1.29, 1.82) is 1.43 Å². The van der Waals surface area contributed by atoms with E-state index in [4.69, 9.17) is 13.0 Å². The van der Waals surface area contributed by atoms with Crippen LogP contribution in [0.1, 0.15) is 64.7 Å². The van der Waals surface area contributed by atoms with Gasteiger partial charge in [0.15, 0.2) is 5.78 Å². The Bertz CT molecular complexity index is 618. The number of rotatable bonds is 2. The quantitative estimate of drug-likeness (QED) is 0.786. The number of carbonyl (C=O) groups is 1. The second-order valence-corrected chi connectivity index (χ2v) is 8.36. The molecule has 4 aliphatic rings. The van der Waals surface area contributed by atoms with Crippen molar-refractivity contribution in [1.82, 2.24) is 0 Å². The Morgan fingerprint density at radius 3 is 2.91 bits per heavy atom. The van der Waals surface area contributed by atoms with E-state index >= 15 is 0 Å². The molecule has 3 fully saturated rings. The van der Waals surface area contributed by atoms with Crippen molar-refractivity contribution in [3.63, 3.8) is 0 Å². The van der Waals surface area contributed by atoms with E-state index < -0.39 is 5.60 Å². The van der Waals surface area contributed by atoms with Crippen molar-refractivity contribution in [3.05, 3.63) is 11.6 Å². The van der Waals surface area contributed by atoms with Crippen molar-refractivity contribution in [2.45, 2.75) is 70.3 Å². The average molecular weight is 313 g/mol. The van der Waals surface area contributed by atoms with Crippen molar-refractivity contribution in [2.75, 3.05) is 0 Å². The lowest BCUT2D eigenvalue weighted by molar-refractivity contribution is -0.117. The Hall–Kier alpha value is -1.07. The predicted molar refractivity (Wildman–Crippen MR) is 90.5 cm³/mol. The van der Waals surface area contributed by atoms with Gasteiger partial charge in [0.1, 0.15) is 5.60 Å². The number of hydrogen-bond donors (Lipinski definition) is 1. The SMILES string of the molecule is [2H]O[C@@]1(C#C)CC[C@H]2[C@@H]3CCC4=CC(=O)CC[C@@H]4[C@H]3CC[C@@]21CC. The first-order valence-corrected chi connectivity index (χ1v) is 9.46. The lowest BCUT2D eigenvalue weighted by Crippen LogP contribution is -2.53. The maximum Gasteiger partial charge on any atom is 0.212 e. The van der Waals surface area contributed by atoms with E-state index in [2.05, 4.69) is 12.8 Å². The highest BCUT2D eigenvalue weighted by Gasteiger charge is 2.63. The van der Waals surface area contributed by atoms with Gasteiger partial charge < -0.3 is 5.11 Å². The van der Waals surface area contributed by atoms with Crippen LogP contribution in [0.5, 0.6) is 0 Å². The van der Waals surface area contributed by atoms with Crippen LogP contribution < -0.4 is 0 Å². The van der Waals surface area contributed by atoms with E-state index in [0.717, 1.165) is 44.9 Å². The molecule has 1 N–H and O–H groups in total. The first-order valence-electron chi connectivity index (χ1n) is 9.87. The monoisotopic (exact) mass is 313 g/mol. The van der Waals surface area contributed by atoms with E-state index in [0.29, 0.717) is 29.5 Å². The molecule has 6 atom stereocenters. The molecule has 0 bridgehead atoms. The molecule has 0 amide bonds. The highest BCUT2D eigenvalue weighted by Crippen LogP contribution is 2.66. The van der Waals surface area contributed by atoms with Crippen LogP contribution in [0, 0.1) is 41.4 Å². The molecule has 0 aromatic heterocycles. The summed E-state index contributed by atoms with van der Waals surface area (Å²) < 4.78 is 7.71. The lowest BCUT2D eigenvalue weighted by atomic mass is 9.49. The van der Waals surface area contributed by atoms with Gasteiger partial charge in [-0.2, -0.15) is 0 Å². The summed E-state index contributed by atoms with van der Waals surface area (Å²) in [4.78, 5) is 11.8. The number of allylic oxidation sites excluding steroid dienone is 1. The normalized spacial score (nSPS) is 49.3. The highest BCUT2D eigenvalue weighted by molar-refractivity contribution is 5.91. The van der Waals surface area contributed by atoms with Gasteiger partial charge in [-0.05, 0) is 81.1 Å². The van der Waals surface area contributed by atoms with Gasteiger partial charge in [0, 0.05) is 11.8 Å². The van der Waals surface area contributed by atoms with Gasteiger partial charge in [-0.15, -0.1) is 6.42 Å². The van der Waals surface area contributed by atoms with Crippen LogP contribution in [0.25, 0.3) is 0 Å². The van der Waals surface area contributed by atoms with E-state index in [1.54, 1.807) is 0 Å². The van der Waals surface area contributed by atoms with Gasteiger partial charge in [0.2, 0.25) is 1.43 Å². The second-order valence-electron chi connectivity index (χ2n) is 8.36. The molecule has 0 heterocycles. The first-order chi connectivity index (χ1) is 11.6. The van der Waals surface area contributed by atoms with Crippen molar-refractivity contribution >= 4 is 5.78 Å². The van der Waals surface area contributed by atoms with Crippen molar-refractivity contribution in [3.8, 4) is 12.3 Å². The van der Waals surface area contributed by atoms with Crippen LogP contribution in [0.15, 0.2) is 11.6 Å². The van der Waals surface area contributed by atoms with Gasteiger partial charge in [0.05, 0.1) is 0 Å². The van der Waals surface area contributed by atoms with E-state index in [9.17, 15) is 4.79 Å². The number of terminal acetylenes is 1. The third-order valence-electron chi connectivity index (χ3n) is 7.98. The van der Waals surface area contributed by atoms with E-state index in [1.807, 2.05) is 6.08 Å².